The Kier molecular flexibility index (Phi) is 6.29. The first-order valence-electron chi connectivity index (χ1n) is 9.54. The number of thiazole rings is 1. The van der Waals surface area contributed by atoms with Crippen molar-refractivity contribution in [3.8, 4) is 5.69 Å². The standard InChI is InChI=1S/C23H19N5O2S/c29-21(12-7-17-5-2-1-3-6-17)27-23-26-19(16-31-23)15-22(30)25-18-8-10-20(11-9-18)28-14-4-13-24-28/h1-14,16H,15H2,(H,25,30)(H,26,27,29)/b12-7+. The van der Waals surface area contributed by atoms with Gasteiger partial charge < -0.3 is 5.32 Å². The van der Waals surface area contributed by atoms with Crippen molar-refractivity contribution in [2.45, 2.75) is 6.42 Å². The summed E-state index contributed by atoms with van der Waals surface area (Å²) in [5, 5.41) is 12.0. The van der Waals surface area contributed by atoms with Crippen LogP contribution < -0.4 is 10.6 Å². The fourth-order valence-electron chi connectivity index (χ4n) is 2.82. The molecule has 0 aliphatic rings. The van der Waals surface area contributed by atoms with Gasteiger partial charge in [-0.1, -0.05) is 30.3 Å². The first-order chi connectivity index (χ1) is 15.2. The van der Waals surface area contributed by atoms with Gasteiger partial charge in [-0.3, -0.25) is 14.9 Å². The van der Waals surface area contributed by atoms with Crippen LogP contribution in [0.15, 0.2) is 84.5 Å². The minimum atomic E-state index is -0.272. The summed E-state index contributed by atoms with van der Waals surface area (Å²) in [6, 6.07) is 18.8. The van der Waals surface area contributed by atoms with Gasteiger partial charge in [0.05, 0.1) is 17.8 Å². The zero-order valence-corrected chi connectivity index (χ0v) is 17.3. The van der Waals surface area contributed by atoms with Gasteiger partial charge in [0, 0.05) is 29.5 Å². The molecule has 2 aromatic heterocycles. The van der Waals surface area contributed by atoms with E-state index in [9.17, 15) is 9.59 Å². The number of rotatable bonds is 7. The lowest BCUT2D eigenvalue weighted by Crippen LogP contribution is -2.15. The van der Waals surface area contributed by atoms with E-state index >= 15 is 0 Å². The highest BCUT2D eigenvalue weighted by Crippen LogP contribution is 2.17. The molecule has 0 saturated heterocycles. The Morgan fingerprint density at radius 2 is 1.81 bits per heavy atom. The van der Waals surface area contributed by atoms with Crippen molar-refractivity contribution in [2.75, 3.05) is 10.6 Å². The Bertz CT molecular complexity index is 1180. The molecule has 4 rings (SSSR count). The third kappa shape index (κ3) is 5.74. The number of hydrogen-bond donors (Lipinski definition) is 2. The minimum Gasteiger partial charge on any atom is -0.326 e. The van der Waals surface area contributed by atoms with Crippen LogP contribution in [0.3, 0.4) is 0 Å². The van der Waals surface area contributed by atoms with Gasteiger partial charge >= 0.3 is 0 Å². The predicted molar refractivity (Wildman–Crippen MR) is 122 cm³/mol. The smallest absolute Gasteiger partial charge is 0.250 e. The van der Waals surface area contributed by atoms with Gasteiger partial charge in [-0.2, -0.15) is 5.10 Å². The van der Waals surface area contributed by atoms with Crippen molar-refractivity contribution in [3.05, 3.63) is 95.8 Å². The highest BCUT2D eigenvalue weighted by molar-refractivity contribution is 7.14. The number of carbonyl (C=O) groups is 2. The SMILES string of the molecule is O=C(/C=C/c1ccccc1)Nc1nc(CC(=O)Nc2ccc(-n3cccn3)cc2)cs1. The van der Waals surface area contributed by atoms with Gasteiger partial charge in [-0.05, 0) is 42.0 Å². The molecule has 4 aromatic rings. The summed E-state index contributed by atoms with van der Waals surface area (Å²) < 4.78 is 1.74. The van der Waals surface area contributed by atoms with Crippen molar-refractivity contribution in [1.82, 2.24) is 14.8 Å². The number of benzene rings is 2. The Labute approximate surface area is 183 Å². The lowest BCUT2D eigenvalue weighted by Gasteiger charge is -2.06. The molecule has 0 unspecified atom stereocenters. The number of amides is 2. The maximum absolute atomic E-state index is 12.3. The molecule has 31 heavy (non-hydrogen) atoms. The number of nitrogens with zero attached hydrogens (tertiary/aromatic N) is 3. The molecule has 0 radical (unpaired) electrons. The third-order valence-corrected chi connectivity index (χ3v) is 5.08. The van der Waals surface area contributed by atoms with E-state index in [4.69, 9.17) is 0 Å². The molecule has 0 fully saturated rings. The summed E-state index contributed by atoms with van der Waals surface area (Å²) >= 11 is 1.28. The van der Waals surface area contributed by atoms with Crippen molar-refractivity contribution in [1.29, 1.82) is 0 Å². The van der Waals surface area contributed by atoms with E-state index in [0.29, 0.717) is 16.5 Å². The second kappa shape index (κ2) is 9.64. The Hall–Kier alpha value is -4.04. The summed E-state index contributed by atoms with van der Waals surface area (Å²) in [7, 11) is 0. The summed E-state index contributed by atoms with van der Waals surface area (Å²) in [4.78, 5) is 28.7. The molecular formula is C23H19N5O2S. The molecule has 0 aliphatic carbocycles. The van der Waals surface area contributed by atoms with Gasteiger partial charge in [-0.25, -0.2) is 9.67 Å². The minimum absolute atomic E-state index is 0.118. The summed E-state index contributed by atoms with van der Waals surface area (Å²) in [6.45, 7) is 0. The van der Waals surface area contributed by atoms with Gasteiger partial charge in [0.2, 0.25) is 11.8 Å². The molecule has 0 atom stereocenters. The van der Waals surface area contributed by atoms with Crippen LogP contribution in [0.4, 0.5) is 10.8 Å². The van der Waals surface area contributed by atoms with Crippen LogP contribution >= 0.6 is 11.3 Å². The van der Waals surface area contributed by atoms with Gasteiger partial charge in [-0.15, -0.1) is 11.3 Å². The first kappa shape index (κ1) is 20.2. The fraction of sp³-hybridized carbons (Fsp3) is 0.0435. The highest BCUT2D eigenvalue weighted by Gasteiger charge is 2.10. The van der Waals surface area contributed by atoms with Gasteiger partial charge in [0.15, 0.2) is 5.13 Å². The first-order valence-corrected chi connectivity index (χ1v) is 10.4. The Morgan fingerprint density at radius 3 is 2.55 bits per heavy atom. The monoisotopic (exact) mass is 429 g/mol. The van der Waals surface area contributed by atoms with E-state index in [2.05, 4.69) is 20.7 Å². The number of nitrogens with one attached hydrogen (secondary N) is 2. The van der Waals surface area contributed by atoms with Crippen LogP contribution in [0.5, 0.6) is 0 Å². The number of aromatic nitrogens is 3. The predicted octanol–water partition coefficient (Wildman–Crippen LogP) is 4.16. The topological polar surface area (TPSA) is 88.9 Å². The Morgan fingerprint density at radius 1 is 1.00 bits per heavy atom. The molecule has 0 spiro atoms. The third-order valence-electron chi connectivity index (χ3n) is 4.27. The molecule has 2 heterocycles. The summed E-state index contributed by atoms with van der Waals surface area (Å²) in [6.07, 6.45) is 6.86. The Balaban J connectivity index is 1.28. The van der Waals surface area contributed by atoms with Gasteiger partial charge in [0.1, 0.15) is 0 Å². The molecule has 0 bridgehead atoms. The number of carbonyl (C=O) groups excluding carboxylic acids is 2. The van der Waals surface area contributed by atoms with Crippen LogP contribution in [0, 0.1) is 0 Å². The zero-order valence-electron chi connectivity index (χ0n) is 16.4. The molecule has 2 N–H and O–H groups in total. The second-order valence-corrected chi connectivity index (χ2v) is 7.46. The van der Waals surface area contributed by atoms with E-state index < -0.39 is 0 Å². The molecule has 0 saturated carbocycles. The summed E-state index contributed by atoms with van der Waals surface area (Å²) in [5.74, 6) is -0.453. The van der Waals surface area contributed by atoms with Crippen molar-refractivity contribution >= 4 is 40.0 Å². The van der Waals surface area contributed by atoms with E-state index in [0.717, 1.165) is 11.3 Å². The van der Waals surface area contributed by atoms with E-state index in [1.807, 2.05) is 66.9 Å². The average Bonchev–Trinajstić information content (AvgIpc) is 3.46. The van der Waals surface area contributed by atoms with Crippen molar-refractivity contribution in [3.63, 3.8) is 0 Å². The summed E-state index contributed by atoms with van der Waals surface area (Å²) in [5.41, 5.74) is 3.13. The van der Waals surface area contributed by atoms with Crippen molar-refractivity contribution in [2.24, 2.45) is 0 Å². The largest absolute Gasteiger partial charge is 0.326 e. The molecule has 2 aromatic carbocycles. The van der Waals surface area contributed by atoms with E-state index in [1.165, 1.54) is 17.4 Å². The highest BCUT2D eigenvalue weighted by atomic mass is 32.1. The maximum atomic E-state index is 12.3. The quantitative estimate of drug-likeness (QED) is 0.432. The normalized spacial score (nSPS) is 10.8. The maximum Gasteiger partial charge on any atom is 0.250 e. The van der Waals surface area contributed by atoms with Gasteiger partial charge in [0.25, 0.3) is 0 Å². The molecule has 154 valence electrons. The van der Waals surface area contributed by atoms with Crippen LogP contribution in [0.1, 0.15) is 11.3 Å². The van der Waals surface area contributed by atoms with Crippen molar-refractivity contribution < 1.29 is 9.59 Å². The molecule has 0 aliphatic heterocycles. The lowest BCUT2D eigenvalue weighted by atomic mass is 10.2. The fourth-order valence-corrected chi connectivity index (χ4v) is 3.53. The molecule has 2 amide bonds. The van der Waals surface area contributed by atoms with E-state index in [1.54, 1.807) is 22.3 Å². The van der Waals surface area contributed by atoms with E-state index in [-0.39, 0.29) is 18.2 Å². The average molecular weight is 430 g/mol. The number of hydrogen-bond acceptors (Lipinski definition) is 5. The molecule has 7 nitrogen and oxygen atoms in total. The molecular weight excluding hydrogens is 410 g/mol. The van der Waals surface area contributed by atoms with Crippen LogP contribution in [0.25, 0.3) is 11.8 Å². The lowest BCUT2D eigenvalue weighted by molar-refractivity contribution is -0.115. The molecule has 8 heteroatoms. The zero-order chi connectivity index (χ0) is 21.5. The van der Waals surface area contributed by atoms with Crippen LogP contribution in [0.2, 0.25) is 0 Å². The second-order valence-electron chi connectivity index (χ2n) is 6.60. The van der Waals surface area contributed by atoms with Crippen LogP contribution in [-0.2, 0) is 16.0 Å². The van der Waals surface area contributed by atoms with Crippen LogP contribution in [-0.4, -0.2) is 26.6 Å². The number of anilines is 2.